The number of rotatable bonds is 9. The molecule has 0 saturated heterocycles. The van der Waals surface area contributed by atoms with E-state index in [4.69, 9.17) is 0 Å². The summed E-state index contributed by atoms with van der Waals surface area (Å²) in [5, 5.41) is 0. The molecule has 0 heterocycles. The lowest BCUT2D eigenvalue weighted by molar-refractivity contribution is 0.421. The molecule has 0 aliphatic carbocycles. The molecule has 2 aromatic carbocycles. The first kappa shape index (κ1) is 20.6. The van der Waals surface area contributed by atoms with Crippen molar-refractivity contribution in [3.63, 3.8) is 0 Å². The number of unbranched alkanes of at least 4 members (excludes halogenated alkanes) is 1. The number of hydrogen-bond acceptors (Lipinski definition) is 4. The Labute approximate surface area is 156 Å². The molecular weight excluding hydrogens is 372 g/mol. The van der Waals surface area contributed by atoms with Crippen molar-refractivity contribution in [2.45, 2.75) is 22.6 Å². The van der Waals surface area contributed by atoms with Gasteiger partial charge in [0.15, 0.2) is 0 Å². The van der Waals surface area contributed by atoms with E-state index in [9.17, 15) is 16.8 Å². The van der Waals surface area contributed by atoms with Crippen LogP contribution < -0.4 is 0 Å². The lowest BCUT2D eigenvalue weighted by Gasteiger charge is -2.19. The van der Waals surface area contributed by atoms with E-state index in [1.165, 1.54) is 22.7 Å². The molecule has 26 heavy (non-hydrogen) atoms. The van der Waals surface area contributed by atoms with Gasteiger partial charge in [0.2, 0.25) is 20.0 Å². The Bertz CT molecular complexity index is 821. The zero-order valence-electron chi connectivity index (χ0n) is 14.9. The van der Waals surface area contributed by atoms with Gasteiger partial charge >= 0.3 is 0 Å². The van der Waals surface area contributed by atoms with Crippen LogP contribution in [-0.2, 0) is 20.0 Å². The molecule has 0 saturated carbocycles. The van der Waals surface area contributed by atoms with E-state index in [2.05, 4.69) is 0 Å². The van der Waals surface area contributed by atoms with E-state index in [-0.39, 0.29) is 9.79 Å². The van der Waals surface area contributed by atoms with Gasteiger partial charge in [0.05, 0.1) is 9.79 Å². The first-order valence-corrected chi connectivity index (χ1v) is 11.2. The van der Waals surface area contributed by atoms with Crippen LogP contribution in [0.3, 0.4) is 0 Å². The van der Waals surface area contributed by atoms with E-state index in [0.717, 1.165) is 0 Å². The Morgan fingerprint density at radius 3 is 1.23 bits per heavy atom. The summed E-state index contributed by atoms with van der Waals surface area (Å²) in [6.07, 6.45) is 1.13. The topological polar surface area (TPSA) is 74.8 Å². The van der Waals surface area contributed by atoms with Crippen molar-refractivity contribution in [2.24, 2.45) is 0 Å². The molecule has 0 bridgehead atoms. The second kappa shape index (κ2) is 8.77. The predicted molar refractivity (Wildman–Crippen MR) is 102 cm³/mol. The highest BCUT2D eigenvalue weighted by Gasteiger charge is 2.21. The van der Waals surface area contributed by atoms with Gasteiger partial charge in [0, 0.05) is 27.2 Å². The third kappa shape index (κ3) is 4.91. The minimum Gasteiger partial charge on any atom is -0.207 e. The molecule has 0 aliphatic heterocycles. The molecule has 0 aromatic heterocycles. The van der Waals surface area contributed by atoms with Crippen LogP contribution in [0.5, 0.6) is 0 Å². The highest BCUT2D eigenvalue weighted by Crippen LogP contribution is 2.16. The minimum absolute atomic E-state index is 0.256. The van der Waals surface area contributed by atoms with Gasteiger partial charge < -0.3 is 0 Å². The van der Waals surface area contributed by atoms with Crippen LogP contribution in [-0.4, -0.2) is 52.6 Å². The number of hydrogen-bond donors (Lipinski definition) is 0. The van der Waals surface area contributed by atoms with Gasteiger partial charge in [-0.1, -0.05) is 36.4 Å². The lowest BCUT2D eigenvalue weighted by atomic mass is 10.3. The summed E-state index contributed by atoms with van der Waals surface area (Å²) in [6, 6.07) is 16.5. The molecule has 6 nitrogen and oxygen atoms in total. The fourth-order valence-electron chi connectivity index (χ4n) is 2.45. The third-order valence-electron chi connectivity index (χ3n) is 4.10. The van der Waals surface area contributed by atoms with Crippen LogP contribution in [0, 0.1) is 0 Å². The molecule has 0 radical (unpaired) electrons. The zero-order valence-corrected chi connectivity index (χ0v) is 16.6. The van der Waals surface area contributed by atoms with Crippen LogP contribution in [0.1, 0.15) is 12.8 Å². The molecule has 0 atom stereocenters. The van der Waals surface area contributed by atoms with Gasteiger partial charge in [-0.15, -0.1) is 0 Å². The number of nitrogens with zero attached hydrogens (tertiary/aromatic N) is 2. The van der Waals surface area contributed by atoms with E-state index in [0.29, 0.717) is 25.9 Å². The maximum absolute atomic E-state index is 12.4. The fraction of sp³-hybridized carbons (Fsp3) is 0.333. The Hall–Kier alpha value is -1.74. The normalized spacial score (nSPS) is 12.6. The van der Waals surface area contributed by atoms with Crippen LogP contribution in [0.2, 0.25) is 0 Å². The molecule has 0 N–H and O–H groups in total. The summed E-state index contributed by atoms with van der Waals surface area (Å²) in [5.41, 5.74) is 0. The van der Waals surface area contributed by atoms with Crippen molar-refractivity contribution in [1.82, 2.24) is 8.61 Å². The number of sulfonamides is 2. The lowest BCUT2D eigenvalue weighted by Crippen LogP contribution is -2.30. The Kier molecular flexibility index (Phi) is 6.94. The van der Waals surface area contributed by atoms with E-state index < -0.39 is 20.0 Å². The van der Waals surface area contributed by atoms with Crippen molar-refractivity contribution in [3.8, 4) is 0 Å². The van der Waals surface area contributed by atoms with E-state index in [1.54, 1.807) is 60.7 Å². The SMILES string of the molecule is CN(CCCCN(C)S(=O)(=O)c1ccccc1)S(=O)(=O)c1ccccc1. The third-order valence-corrected chi connectivity index (χ3v) is 7.84. The molecule has 8 heteroatoms. The summed E-state index contributed by atoms with van der Waals surface area (Å²) in [5.74, 6) is 0. The highest BCUT2D eigenvalue weighted by molar-refractivity contribution is 7.89. The summed E-state index contributed by atoms with van der Waals surface area (Å²) < 4.78 is 52.3. The molecule has 2 aromatic rings. The molecule has 2 rings (SSSR count). The standard InChI is InChI=1S/C18H24N2O4S2/c1-19(25(21,22)17-11-5-3-6-12-17)15-9-10-16-20(2)26(23,24)18-13-7-4-8-14-18/h3-8,11-14H,9-10,15-16H2,1-2H3. The highest BCUT2D eigenvalue weighted by atomic mass is 32.2. The summed E-state index contributed by atoms with van der Waals surface area (Å²) in [6.45, 7) is 0.660. The average Bonchev–Trinajstić information content (AvgIpc) is 2.66. The minimum atomic E-state index is -3.51. The second-order valence-electron chi connectivity index (χ2n) is 5.99. The van der Waals surface area contributed by atoms with Crippen LogP contribution in [0.4, 0.5) is 0 Å². The van der Waals surface area contributed by atoms with Gasteiger partial charge in [-0.05, 0) is 37.1 Å². The van der Waals surface area contributed by atoms with Gasteiger partial charge in [-0.2, -0.15) is 0 Å². The smallest absolute Gasteiger partial charge is 0.207 e. The zero-order chi connectivity index (χ0) is 19.2. The molecule has 142 valence electrons. The molecule has 0 aliphatic rings. The molecule has 0 fully saturated rings. The van der Waals surface area contributed by atoms with Gasteiger partial charge in [-0.3, -0.25) is 0 Å². The summed E-state index contributed by atoms with van der Waals surface area (Å²) in [4.78, 5) is 0.512. The first-order valence-electron chi connectivity index (χ1n) is 8.29. The van der Waals surface area contributed by atoms with Crippen LogP contribution in [0.25, 0.3) is 0 Å². The Morgan fingerprint density at radius 2 is 0.923 bits per heavy atom. The summed E-state index contributed by atoms with van der Waals surface area (Å²) in [7, 11) is -3.95. The van der Waals surface area contributed by atoms with Crippen molar-refractivity contribution in [1.29, 1.82) is 0 Å². The maximum atomic E-state index is 12.4. The summed E-state index contributed by atoms with van der Waals surface area (Å²) >= 11 is 0. The van der Waals surface area contributed by atoms with E-state index >= 15 is 0 Å². The van der Waals surface area contributed by atoms with Crippen LogP contribution >= 0.6 is 0 Å². The van der Waals surface area contributed by atoms with Crippen LogP contribution in [0.15, 0.2) is 70.5 Å². The molecule has 0 unspecified atom stereocenters. The predicted octanol–water partition coefficient (Wildman–Crippen LogP) is 2.41. The van der Waals surface area contributed by atoms with Crippen molar-refractivity contribution >= 4 is 20.0 Å². The van der Waals surface area contributed by atoms with Gasteiger partial charge in [0.1, 0.15) is 0 Å². The maximum Gasteiger partial charge on any atom is 0.242 e. The number of benzene rings is 2. The monoisotopic (exact) mass is 396 g/mol. The fourth-order valence-corrected chi connectivity index (χ4v) is 4.91. The molecular formula is C18H24N2O4S2. The molecule has 0 spiro atoms. The van der Waals surface area contributed by atoms with Crippen molar-refractivity contribution < 1.29 is 16.8 Å². The van der Waals surface area contributed by atoms with Crippen molar-refractivity contribution in [2.75, 3.05) is 27.2 Å². The Balaban J connectivity index is 1.87. The second-order valence-corrected chi connectivity index (χ2v) is 10.1. The van der Waals surface area contributed by atoms with Crippen molar-refractivity contribution in [3.05, 3.63) is 60.7 Å². The Morgan fingerprint density at radius 1 is 0.615 bits per heavy atom. The van der Waals surface area contributed by atoms with E-state index in [1.807, 2.05) is 0 Å². The van der Waals surface area contributed by atoms with Gasteiger partial charge in [0.25, 0.3) is 0 Å². The average molecular weight is 397 g/mol. The first-order chi connectivity index (χ1) is 12.3. The quantitative estimate of drug-likeness (QED) is 0.610. The molecule has 0 amide bonds. The van der Waals surface area contributed by atoms with Gasteiger partial charge in [-0.25, -0.2) is 25.4 Å². The largest absolute Gasteiger partial charge is 0.242 e.